The van der Waals surface area contributed by atoms with Gasteiger partial charge in [0.15, 0.2) is 0 Å². The molecule has 128 valence electrons. The molecule has 24 heavy (non-hydrogen) atoms. The van der Waals surface area contributed by atoms with Gasteiger partial charge in [0.05, 0.1) is 31.6 Å². The van der Waals surface area contributed by atoms with Crippen molar-refractivity contribution >= 4 is 17.2 Å². The Balaban J connectivity index is 1.45. The Hall–Kier alpha value is -1.66. The molecule has 5 nitrogen and oxygen atoms in total. The van der Waals surface area contributed by atoms with Gasteiger partial charge in [-0.05, 0) is 30.2 Å². The first kappa shape index (κ1) is 15.8. The number of amides is 1. The Labute approximate surface area is 146 Å². The van der Waals surface area contributed by atoms with Crippen LogP contribution in [0.1, 0.15) is 35.0 Å². The van der Waals surface area contributed by atoms with Crippen molar-refractivity contribution in [2.24, 2.45) is 13.0 Å². The lowest BCUT2D eigenvalue weighted by Gasteiger charge is -2.33. The van der Waals surface area contributed by atoms with Crippen LogP contribution in [0.25, 0.3) is 0 Å². The van der Waals surface area contributed by atoms with Crippen molar-refractivity contribution in [2.45, 2.75) is 31.7 Å². The van der Waals surface area contributed by atoms with E-state index in [1.54, 1.807) is 11.3 Å². The minimum absolute atomic E-state index is 0.181. The predicted octanol–water partition coefficient (Wildman–Crippen LogP) is 2.58. The zero-order valence-electron chi connectivity index (χ0n) is 14.0. The van der Waals surface area contributed by atoms with Crippen LogP contribution in [0, 0.1) is 5.92 Å². The molecule has 2 aromatic rings. The number of carbonyl (C=O) groups excluding carboxylic acids is 1. The molecule has 1 atom stereocenters. The third kappa shape index (κ3) is 3.39. The number of aromatic nitrogens is 2. The van der Waals surface area contributed by atoms with Crippen LogP contribution in [0.3, 0.4) is 0 Å². The van der Waals surface area contributed by atoms with Crippen LogP contribution in [-0.4, -0.2) is 40.1 Å². The number of hydrogen-bond donors (Lipinski definition) is 0. The average molecular weight is 345 g/mol. The molecular formula is C18H23N3O2S. The van der Waals surface area contributed by atoms with Gasteiger partial charge in [0.1, 0.15) is 0 Å². The number of nitrogens with zero attached hydrogens (tertiary/aromatic N) is 3. The van der Waals surface area contributed by atoms with Crippen LogP contribution in [0.5, 0.6) is 0 Å². The fraction of sp³-hybridized carbons (Fsp3) is 0.556. The molecule has 3 heterocycles. The second-order valence-electron chi connectivity index (χ2n) is 6.90. The zero-order valence-corrected chi connectivity index (χ0v) is 14.8. The molecule has 1 fully saturated rings. The van der Waals surface area contributed by atoms with E-state index in [-0.39, 0.29) is 11.8 Å². The highest BCUT2D eigenvalue weighted by atomic mass is 32.1. The molecule has 0 aromatic carbocycles. The number of thiophene rings is 1. The second-order valence-corrected chi connectivity index (χ2v) is 7.93. The van der Waals surface area contributed by atoms with Crippen molar-refractivity contribution in [2.75, 3.05) is 19.8 Å². The van der Waals surface area contributed by atoms with E-state index in [0.29, 0.717) is 19.6 Å². The number of fused-ring (bicyclic) bond motifs is 1. The van der Waals surface area contributed by atoms with Crippen molar-refractivity contribution in [3.8, 4) is 0 Å². The number of aryl methyl sites for hydroxylation is 1. The van der Waals surface area contributed by atoms with Crippen LogP contribution < -0.4 is 0 Å². The van der Waals surface area contributed by atoms with E-state index in [2.05, 4.69) is 9.55 Å². The second kappa shape index (κ2) is 6.69. The molecule has 0 saturated heterocycles. The third-order valence-corrected chi connectivity index (χ3v) is 5.73. The van der Waals surface area contributed by atoms with E-state index in [1.165, 1.54) is 18.5 Å². The summed E-state index contributed by atoms with van der Waals surface area (Å²) in [6.07, 6.45) is 4.93. The minimum Gasteiger partial charge on any atom is -0.380 e. The monoisotopic (exact) mass is 345 g/mol. The molecule has 4 rings (SSSR count). The van der Waals surface area contributed by atoms with Gasteiger partial charge in [-0.1, -0.05) is 6.07 Å². The molecule has 0 bridgehead atoms. The van der Waals surface area contributed by atoms with Gasteiger partial charge < -0.3 is 14.2 Å². The molecule has 0 unspecified atom stereocenters. The lowest BCUT2D eigenvalue weighted by atomic mass is 9.98. The smallest absolute Gasteiger partial charge is 0.228 e. The Morgan fingerprint density at radius 1 is 1.42 bits per heavy atom. The molecular weight excluding hydrogens is 322 g/mol. The highest BCUT2D eigenvalue weighted by Gasteiger charge is 2.32. The number of rotatable bonds is 6. The maximum atomic E-state index is 12.7. The van der Waals surface area contributed by atoms with Crippen molar-refractivity contribution in [3.05, 3.63) is 40.1 Å². The van der Waals surface area contributed by atoms with Gasteiger partial charge in [-0.3, -0.25) is 4.79 Å². The fourth-order valence-corrected chi connectivity index (χ4v) is 4.08. The van der Waals surface area contributed by atoms with Crippen LogP contribution in [-0.2, 0) is 29.5 Å². The fourth-order valence-electron chi connectivity index (χ4n) is 3.39. The molecule has 2 aliphatic rings. The molecule has 0 radical (unpaired) electrons. The van der Waals surface area contributed by atoms with Crippen LogP contribution in [0.2, 0.25) is 0 Å². The van der Waals surface area contributed by atoms with E-state index in [1.807, 2.05) is 35.8 Å². The first-order valence-corrected chi connectivity index (χ1v) is 9.46. The first-order valence-electron chi connectivity index (χ1n) is 8.58. The highest BCUT2D eigenvalue weighted by molar-refractivity contribution is 7.10. The molecule has 1 saturated carbocycles. The largest absolute Gasteiger partial charge is 0.380 e. The molecule has 1 aliphatic heterocycles. The molecule has 0 N–H and O–H groups in total. The average Bonchev–Trinajstić information content (AvgIpc) is 3.10. The van der Waals surface area contributed by atoms with Gasteiger partial charge >= 0.3 is 0 Å². The number of ether oxygens (including phenoxy) is 1. The van der Waals surface area contributed by atoms with Crippen molar-refractivity contribution in [1.29, 1.82) is 0 Å². The summed E-state index contributed by atoms with van der Waals surface area (Å²) >= 11 is 1.64. The van der Waals surface area contributed by atoms with Crippen LogP contribution in [0.4, 0.5) is 0 Å². The number of imidazole rings is 1. The normalized spacial score (nSPS) is 20.2. The molecule has 0 spiro atoms. The lowest BCUT2D eigenvalue weighted by molar-refractivity contribution is -0.132. The summed E-state index contributed by atoms with van der Waals surface area (Å²) < 4.78 is 8.02. The van der Waals surface area contributed by atoms with Gasteiger partial charge in [0.25, 0.3) is 0 Å². The quantitative estimate of drug-likeness (QED) is 0.808. The maximum absolute atomic E-state index is 12.7. The highest BCUT2D eigenvalue weighted by Crippen LogP contribution is 2.31. The molecule has 1 aliphatic carbocycles. The van der Waals surface area contributed by atoms with E-state index >= 15 is 0 Å². The summed E-state index contributed by atoms with van der Waals surface area (Å²) in [7, 11) is 2.03. The summed E-state index contributed by atoms with van der Waals surface area (Å²) in [5, 5.41) is 2.02. The van der Waals surface area contributed by atoms with E-state index in [9.17, 15) is 4.79 Å². The summed E-state index contributed by atoms with van der Waals surface area (Å²) in [5.74, 6) is 1.16. The third-order valence-electron chi connectivity index (χ3n) is 4.86. The van der Waals surface area contributed by atoms with Crippen molar-refractivity contribution < 1.29 is 9.53 Å². The number of carbonyl (C=O) groups is 1. The topological polar surface area (TPSA) is 47.4 Å². The van der Waals surface area contributed by atoms with Gasteiger partial charge in [-0.25, -0.2) is 4.98 Å². The van der Waals surface area contributed by atoms with Crippen molar-refractivity contribution in [1.82, 2.24) is 14.5 Å². The van der Waals surface area contributed by atoms with E-state index in [4.69, 9.17) is 4.74 Å². The van der Waals surface area contributed by atoms with Crippen molar-refractivity contribution in [3.63, 3.8) is 0 Å². The Morgan fingerprint density at radius 3 is 3.04 bits per heavy atom. The minimum atomic E-state index is 0.181. The van der Waals surface area contributed by atoms with Crippen LogP contribution in [0.15, 0.2) is 23.8 Å². The van der Waals surface area contributed by atoms with E-state index in [0.717, 1.165) is 29.6 Å². The lowest BCUT2D eigenvalue weighted by Crippen LogP contribution is -2.41. The van der Waals surface area contributed by atoms with E-state index < -0.39 is 0 Å². The number of hydrogen-bond acceptors (Lipinski definition) is 4. The Bertz CT molecular complexity index is 706. The Morgan fingerprint density at radius 2 is 2.29 bits per heavy atom. The van der Waals surface area contributed by atoms with Gasteiger partial charge in [0, 0.05) is 36.7 Å². The summed E-state index contributed by atoms with van der Waals surface area (Å²) in [4.78, 5) is 20.2. The maximum Gasteiger partial charge on any atom is 0.228 e. The predicted molar refractivity (Wildman–Crippen MR) is 92.9 cm³/mol. The Kier molecular flexibility index (Phi) is 4.41. The summed E-state index contributed by atoms with van der Waals surface area (Å²) in [6.45, 7) is 2.86. The van der Waals surface area contributed by atoms with Crippen LogP contribution >= 0.6 is 11.3 Å². The SMILES string of the molecule is Cn1cnc2c1[C@@H](COCC1CC1)CN(C(=O)Cc1cccs1)C2. The van der Waals surface area contributed by atoms with Gasteiger partial charge in [0.2, 0.25) is 5.91 Å². The van der Waals surface area contributed by atoms with Gasteiger partial charge in [-0.15, -0.1) is 11.3 Å². The first-order chi connectivity index (χ1) is 11.7. The summed E-state index contributed by atoms with van der Waals surface area (Å²) in [5.41, 5.74) is 2.24. The zero-order chi connectivity index (χ0) is 16.5. The summed E-state index contributed by atoms with van der Waals surface area (Å²) in [6, 6.07) is 4.02. The molecule has 6 heteroatoms. The molecule has 2 aromatic heterocycles. The standard InChI is InChI=1S/C18H23N3O2S/c1-20-12-19-16-9-21(17(22)7-15-3-2-6-24-15)8-14(18(16)20)11-23-10-13-4-5-13/h2-3,6,12-14H,4-5,7-11H2,1H3/t14-/m1/s1. The van der Waals surface area contributed by atoms with Gasteiger partial charge in [-0.2, -0.15) is 0 Å². The molecule has 1 amide bonds.